The molecule has 0 fully saturated rings. The van der Waals surface area contributed by atoms with E-state index in [-0.39, 0.29) is 0 Å². The Hall–Kier alpha value is -4.17. The van der Waals surface area contributed by atoms with Crippen molar-refractivity contribution >= 4 is 21.8 Å². The number of hydrogen-bond acceptors (Lipinski definition) is 1. The van der Waals surface area contributed by atoms with Crippen LogP contribution in [0.15, 0.2) is 103 Å². The molecule has 0 atom stereocenters. The fraction of sp³-hybridized carbons (Fsp3) is 0.256. The van der Waals surface area contributed by atoms with Crippen LogP contribution in [0.1, 0.15) is 60.0 Å². The predicted molar refractivity (Wildman–Crippen MR) is 174 cm³/mol. The number of aromatic nitrogens is 2. The molecule has 6 aromatic rings. The molecule has 0 aliphatic carbocycles. The maximum atomic E-state index is 4.86. The van der Waals surface area contributed by atoms with E-state index in [0.717, 1.165) is 43.3 Å². The molecule has 2 nitrogen and oxygen atoms in total. The Morgan fingerprint density at radius 2 is 1.41 bits per heavy atom. The second-order valence-electron chi connectivity index (χ2n) is 11.9. The molecule has 0 amide bonds. The van der Waals surface area contributed by atoms with Crippen LogP contribution in [-0.2, 0) is 32.1 Å². The van der Waals surface area contributed by atoms with Crippen molar-refractivity contribution in [2.75, 3.05) is 0 Å². The molecule has 0 radical (unpaired) electrons. The Bertz CT molecular complexity index is 1790. The fourth-order valence-electron chi connectivity index (χ4n) is 6.21. The van der Waals surface area contributed by atoms with E-state index in [1.54, 1.807) is 0 Å². The van der Waals surface area contributed by atoms with Crippen molar-refractivity contribution in [1.29, 1.82) is 0 Å². The zero-order valence-corrected chi connectivity index (χ0v) is 24.8. The van der Waals surface area contributed by atoms with Crippen molar-refractivity contribution < 1.29 is 0 Å². The van der Waals surface area contributed by atoms with Gasteiger partial charge in [-0.05, 0) is 109 Å². The molecule has 4 aromatic carbocycles. The highest BCUT2D eigenvalue weighted by atomic mass is 15.0. The molecule has 2 heteroatoms. The molecule has 0 saturated heterocycles. The van der Waals surface area contributed by atoms with Crippen LogP contribution in [0.25, 0.3) is 27.5 Å². The molecule has 0 aliphatic rings. The minimum absolute atomic E-state index is 0.687. The van der Waals surface area contributed by atoms with Gasteiger partial charge in [0.05, 0.1) is 11.0 Å². The van der Waals surface area contributed by atoms with Gasteiger partial charge >= 0.3 is 0 Å². The molecule has 0 N–H and O–H groups in total. The molecule has 0 saturated carbocycles. The number of fused-ring (bicyclic) bond motifs is 2. The van der Waals surface area contributed by atoms with Gasteiger partial charge in [0.25, 0.3) is 0 Å². The van der Waals surface area contributed by atoms with Gasteiger partial charge in [-0.25, -0.2) is 0 Å². The highest BCUT2D eigenvalue weighted by Crippen LogP contribution is 2.31. The summed E-state index contributed by atoms with van der Waals surface area (Å²) in [4.78, 5) is 4.86. The van der Waals surface area contributed by atoms with Gasteiger partial charge in [0, 0.05) is 27.8 Å². The van der Waals surface area contributed by atoms with E-state index in [9.17, 15) is 0 Å². The molecular formula is C39H40N2. The first-order valence-electron chi connectivity index (χ1n) is 15.1. The number of hydrogen-bond donors (Lipinski definition) is 0. The third-order valence-electron chi connectivity index (χ3n) is 8.34. The smallest absolute Gasteiger partial charge is 0.0705 e. The summed E-state index contributed by atoms with van der Waals surface area (Å²) in [5.74, 6) is 0.687. The lowest BCUT2D eigenvalue weighted by molar-refractivity contribution is 0.647. The van der Waals surface area contributed by atoms with Gasteiger partial charge in [-0.2, -0.15) is 0 Å². The van der Waals surface area contributed by atoms with Gasteiger partial charge in [0.2, 0.25) is 0 Å². The van der Waals surface area contributed by atoms with Crippen LogP contribution in [0.3, 0.4) is 0 Å². The van der Waals surface area contributed by atoms with E-state index in [0.29, 0.717) is 5.92 Å². The highest BCUT2D eigenvalue weighted by Gasteiger charge is 2.15. The average molecular weight is 537 g/mol. The lowest BCUT2D eigenvalue weighted by Gasteiger charge is -2.12. The lowest BCUT2D eigenvalue weighted by Crippen LogP contribution is -2.01. The van der Waals surface area contributed by atoms with Gasteiger partial charge in [0.15, 0.2) is 0 Å². The molecule has 0 unspecified atom stereocenters. The van der Waals surface area contributed by atoms with Gasteiger partial charge in [-0.15, -0.1) is 0 Å². The van der Waals surface area contributed by atoms with E-state index in [1.165, 1.54) is 55.5 Å². The summed E-state index contributed by atoms with van der Waals surface area (Å²) in [5.41, 5.74) is 13.1. The quantitative estimate of drug-likeness (QED) is 0.180. The standard InChI is InChI=1S/C39H40N2/c1-5-38-28(4)36-26-32(25-31-12-10-30(11-13-31)24-27(2)3)17-23-39(36)41(38)35-21-15-29(16-22-35)14-19-34-20-18-33-8-6-7-9-37(33)40-34/h6-13,15-18,20-23,26-27H,5,14,19,24-25H2,1-4H3. The van der Waals surface area contributed by atoms with Crippen LogP contribution < -0.4 is 0 Å². The van der Waals surface area contributed by atoms with Gasteiger partial charge in [-0.3, -0.25) is 4.98 Å². The first-order valence-corrected chi connectivity index (χ1v) is 15.1. The SMILES string of the molecule is CCc1c(C)c2cc(Cc3ccc(CC(C)C)cc3)ccc2n1-c1ccc(CCc2ccc3ccccc3n2)cc1. The summed E-state index contributed by atoms with van der Waals surface area (Å²) in [7, 11) is 0. The Morgan fingerprint density at radius 1 is 0.707 bits per heavy atom. The largest absolute Gasteiger partial charge is 0.313 e. The van der Waals surface area contributed by atoms with Gasteiger partial charge in [0.1, 0.15) is 0 Å². The first kappa shape index (κ1) is 27.0. The summed E-state index contributed by atoms with van der Waals surface area (Å²) in [6.45, 7) is 9.11. The van der Waals surface area contributed by atoms with Crippen molar-refractivity contribution in [3.8, 4) is 5.69 Å². The molecule has 41 heavy (non-hydrogen) atoms. The van der Waals surface area contributed by atoms with Gasteiger partial charge < -0.3 is 4.57 Å². The monoisotopic (exact) mass is 536 g/mol. The molecule has 0 bridgehead atoms. The summed E-state index contributed by atoms with van der Waals surface area (Å²) >= 11 is 0. The van der Waals surface area contributed by atoms with E-state index in [4.69, 9.17) is 4.98 Å². The Morgan fingerprint density at radius 3 is 2.17 bits per heavy atom. The Balaban J connectivity index is 1.21. The molecule has 0 spiro atoms. The van der Waals surface area contributed by atoms with Crippen LogP contribution in [0.2, 0.25) is 0 Å². The molecule has 2 aromatic heterocycles. The summed E-state index contributed by atoms with van der Waals surface area (Å²) < 4.78 is 2.46. The maximum Gasteiger partial charge on any atom is 0.0705 e. The highest BCUT2D eigenvalue weighted by molar-refractivity contribution is 5.88. The molecular weight excluding hydrogens is 496 g/mol. The van der Waals surface area contributed by atoms with Crippen LogP contribution >= 0.6 is 0 Å². The lowest BCUT2D eigenvalue weighted by atomic mass is 9.98. The van der Waals surface area contributed by atoms with Gasteiger partial charge in [-0.1, -0.05) is 87.5 Å². The van der Waals surface area contributed by atoms with Crippen molar-refractivity contribution in [2.24, 2.45) is 5.92 Å². The van der Waals surface area contributed by atoms with Crippen molar-refractivity contribution in [3.05, 3.63) is 142 Å². The third-order valence-corrected chi connectivity index (χ3v) is 8.34. The number of benzene rings is 4. The van der Waals surface area contributed by atoms with Crippen LogP contribution in [-0.4, -0.2) is 9.55 Å². The second kappa shape index (κ2) is 11.7. The number of nitrogens with zero attached hydrogens (tertiary/aromatic N) is 2. The predicted octanol–water partition coefficient (Wildman–Crippen LogP) is 9.62. The van der Waals surface area contributed by atoms with Crippen LogP contribution in [0.5, 0.6) is 0 Å². The zero-order valence-electron chi connectivity index (χ0n) is 24.8. The molecule has 6 rings (SSSR count). The first-order chi connectivity index (χ1) is 20.0. The van der Waals surface area contributed by atoms with Crippen LogP contribution in [0, 0.1) is 12.8 Å². The van der Waals surface area contributed by atoms with Crippen molar-refractivity contribution in [3.63, 3.8) is 0 Å². The number of pyridine rings is 1. The van der Waals surface area contributed by atoms with Crippen molar-refractivity contribution in [2.45, 2.75) is 59.8 Å². The number of aryl methyl sites for hydroxylation is 3. The summed E-state index contributed by atoms with van der Waals surface area (Å²) in [5, 5.41) is 2.56. The number of para-hydroxylation sites is 1. The topological polar surface area (TPSA) is 17.8 Å². The molecule has 0 aliphatic heterocycles. The summed E-state index contributed by atoms with van der Waals surface area (Å²) in [6.07, 6.45) is 5.04. The fourth-order valence-corrected chi connectivity index (χ4v) is 6.21. The van der Waals surface area contributed by atoms with E-state index in [1.807, 2.05) is 0 Å². The average Bonchev–Trinajstić information content (AvgIpc) is 3.27. The normalized spacial score (nSPS) is 11.6. The summed E-state index contributed by atoms with van der Waals surface area (Å²) in [6, 6.07) is 38.1. The Kier molecular flexibility index (Phi) is 7.74. The third kappa shape index (κ3) is 5.84. The molecule has 206 valence electrons. The van der Waals surface area contributed by atoms with Crippen LogP contribution in [0.4, 0.5) is 0 Å². The second-order valence-corrected chi connectivity index (χ2v) is 11.9. The number of rotatable bonds is 9. The van der Waals surface area contributed by atoms with E-state index in [2.05, 4.69) is 135 Å². The van der Waals surface area contributed by atoms with E-state index < -0.39 is 0 Å². The minimum atomic E-state index is 0.687. The van der Waals surface area contributed by atoms with Crippen molar-refractivity contribution in [1.82, 2.24) is 9.55 Å². The zero-order chi connectivity index (χ0) is 28.3. The minimum Gasteiger partial charge on any atom is -0.313 e. The Labute approximate surface area is 244 Å². The van der Waals surface area contributed by atoms with E-state index >= 15 is 0 Å². The molecule has 2 heterocycles. The maximum absolute atomic E-state index is 4.86.